The molecule has 31 heavy (non-hydrogen) atoms. The maximum atomic E-state index is 5.58. The molecule has 168 valence electrons. The molecule has 0 bridgehead atoms. The molecule has 0 saturated heterocycles. The molecular formula is C24H33ClN4O2. The third-order valence-corrected chi connectivity index (χ3v) is 6.03. The van der Waals surface area contributed by atoms with Crippen LogP contribution in [0.1, 0.15) is 50.8 Å². The molecule has 1 aliphatic rings. The molecule has 0 fully saturated rings. The smallest absolute Gasteiger partial charge is 0.241 e. The maximum absolute atomic E-state index is 5.58. The zero-order chi connectivity index (χ0) is 21.3. The van der Waals surface area contributed by atoms with Crippen molar-refractivity contribution in [1.82, 2.24) is 14.5 Å². The van der Waals surface area contributed by atoms with E-state index in [-0.39, 0.29) is 12.4 Å². The summed E-state index contributed by atoms with van der Waals surface area (Å²) >= 11 is 0. The highest BCUT2D eigenvalue weighted by Gasteiger charge is 2.28. The molecule has 6 nitrogen and oxygen atoms in total. The lowest BCUT2D eigenvalue weighted by Gasteiger charge is -2.37. The monoisotopic (exact) mass is 444 g/mol. The molecule has 0 radical (unpaired) electrons. The minimum absolute atomic E-state index is 0. The average molecular weight is 445 g/mol. The van der Waals surface area contributed by atoms with Gasteiger partial charge in [0.05, 0.1) is 19.9 Å². The first-order chi connectivity index (χ1) is 14.6. The highest BCUT2D eigenvalue weighted by Crippen LogP contribution is 2.39. The number of methoxy groups -OCH3 is 2. The number of anilines is 1. The highest BCUT2D eigenvalue weighted by molar-refractivity contribution is 5.96. The molecule has 0 aromatic carbocycles. The summed E-state index contributed by atoms with van der Waals surface area (Å²) in [5.74, 6) is 1.07. The van der Waals surface area contributed by atoms with Crippen molar-refractivity contribution in [3.63, 3.8) is 0 Å². The second-order valence-electron chi connectivity index (χ2n) is 8.06. The minimum atomic E-state index is 0. The maximum Gasteiger partial charge on any atom is 0.241 e. The van der Waals surface area contributed by atoms with Gasteiger partial charge in [-0.25, -0.2) is 4.98 Å². The molecule has 0 saturated carbocycles. The molecule has 4 heterocycles. The summed E-state index contributed by atoms with van der Waals surface area (Å²) in [5, 5.41) is 1.27. The van der Waals surface area contributed by atoms with E-state index in [1.807, 2.05) is 12.1 Å². The second-order valence-corrected chi connectivity index (χ2v) is 8.06. The second kappa shape index (κ2) is 9.77. The molecule has 4 rings (SSSR count). The van der Waals surface area contributed by atoms with Crippen LogP contribution < -0.4 is 14.4 Å². The van der Waals surface area contributed by atoms with Crippen molar-refractivity contribution in [1.29, 1.82) is 0 Å². The molecular weight excluding hydrogens is 412 g/mol. The summed E-state index contributed by atoms with van der Waals surface area (Å²) in [6.07, 6.45) is 8.09. The lowest BCUT2D eigenvalue weighted by molar-refractivity contribution is 0.363. The van der Waals surface area contributed by atoms with Crippen molar-refractivity contribution >= 4 is 29.1 Å². The van der Waals surface area contributed by atoms with E-state index >= 15 is 0 Å². The number of ether oxygens (including phenoxy) is 2. The topological polar surface area (TPSA) is 52.4 Å². The summed E-state index contributed by atoms with van der Waals surface area (Å²) < 4.78 is 13.0. The van der Waals surface area contributed by atoms with Gasteiger partial charge in [0, 0.05) is 35.9 Å². The number of nitrogens with zero attached hydrogens (tertiary/aromatic N) is 4. The van der Waals surface area contributed by atoms with Gasteiger partial charge in [-0.15, -0.1) is 12.4 Å². The molecule has 0 unspecified atom stereocenters. The quantitative estimate of drug-likeness (QED) is 0.459. The van der Waals surface area contributed by atoms with Crippen LogP contribution in [0.2, 0.25) is 0 Å². The highest BCUT2D eigenvalue weighted by atomic mass is 35.5. The summed E-state index contributed by atoms with van der Waals surface area (Å²) in [4.78, 5) is 12.0. The van der Waals surface area contributed by atoms with Gasteiger partial charge in [0.25, 0.3) is 0 Å². The van der Waals surface area contributed by atoms with Gasteiger partial charge >= 0.3 is 0 Å². The Balaban J connectivity index is 0.00000272. The summed E-state index contributed by atoms with van der Waals surface area (Å²) in [6, 6.07) is 6.70. The van der Waals surface area contributed by atoms with E-state index in [2.05, 4.69) is 47.5 Å². The number of halogens is 1. The van der Waals surface area contributed by atoms with Gasteiger partial charge in [-0.05, 0) is 43.9 Å². The van der Waals surface area contributed by atoms with Crippen molar-refractivity contribution in [2.75, 3.05) is 25.7 Å². The molecule has 3 aromatic heterocycles. The first-order valence-corrected chi connectivity index (χ1v) is 11.0. The van der Waals surface area contributed by atoms with Gasteiger partial charge in [-0.1, -0.05) is 26.7 Å². The predicted molar refractivity (Wildman–Crippen MR) is 129 cm³/mol. The Kier molecular flexibility index (Phi) is 7.31. The summed E-state index contributed by atoms with van der Waals surface area (Å²) in [5.41, 5.74) is 5.55. The van der Waals surface area contributed by atoms with Gasteiger partial charge < -0.3 is 14.4 Å². The Morgan fingerprint density at radius 3 is 2.42 bits per heavy atom. The SMILES string of the molecule is CCCC(CCC)N1CCc2cn(-c3ccc(OC)nc3OC)c3nc(C)cc1c23.Cl. The largest absolute Gasteiger partial charge is 0.481 e. The zero-order valence-corrected chi connectivity index (χ0v) is 20.0. The van der Waals surface area contributed by atoms with Crippen LogP contribution in [0.3, 0.4) is 0 Å². The Hall–Kier alpha value is -2.47. The van der Waals surface area contributed by atoms with E-state index in [0.29, 0.717) is 17.8 Å². The number of aryl methyl sites for hydroxylation is 1. The average Bonchev–Trinajstić information content (AvgIpc) is 3.12. The number of pyridine rings is 2. The van der Waals surface area contributed by atoms with E-state index in [9.17, 15) is 0 Å². The standard InChI is InChI=1S/C24H32N4O2.ClH/c1-6-8-18(9-7-2)27-13-12-17-15-28(23-22(17)20(27)14-16(3)25-23)19-10-11-21(29-4)26-24(19)30-5;/h10-11,14-15,18H,6-9,12-13H2,1-5H3;1H. The van der Waals surface area contributed by atoms with Crippen molar-refractivity contribution in [2.45, 2.75) is 58.9 Å². The molecule has 1 aliphatic heterocycles. The lowest BCUT2D eigenvalue weighted by atomic mass is 9.98. The Labute approximate surface area is 191 Å². The van der Waals surface area contributed by atoms with Crippen molar-refractivity contribution < 1.29 is 9.47 Å². The zero-order valence-electron chi connectivity index (χ0n) is 19.1. The van der Waals surface area contributed by atoms with E-state index in [0.717, 1.165) is 30.0 Å². The van der Waals surface area contributed by atoms with Gasteiger partial charge in [0.2, 0.25) is 11.8 Å². The predicted octanol–water partition coefficient (Wildman–Crippen LogP) is 5.50. The number of rotatable bonds is 8. The number of hydrogen-bond donors (Lipinski definition) is 0. The molecule has 0 atom stereocenters. The van der Waals surface area contributed by atoms with Gasteiger partial charge in [0.15, 0.2) is 0 Å². The van der Waals surface area contributed by atoms with Gasteiger partial charge in [-0.2, -0.15) is 4.98 Å². The number of aromatic nitrogens is 3. The summed E-state index contributed by atoms with van der Waals surface area (Å²) in [6.45, 7) is 7.70. The molecule has 0 spiro atoms. The van der Waals surface area contributed by atoms with Crippen molar-refractivity contribution in [3.05, 3.63) is 35.7 Å². The van der Waals surface area contributed by atoms with Crippen LogP contribution in [-0.4, -0.2) is 41.3 Å². The van der Waals surface area contributed by atoms with Crippen LogP contribution in [0.15, 0.2) is 24.4 Å². The third-order valence-electron chi connectivity index (χ3n) is 6.03. The fourth-order valence-electron chi connectivity index (χ4n) is 4.73. The fraction of sp³-hybridized carbons (Fsp3) is 0.500. The molecule has 7 heteroatoms. The Bertz CT molecular complexity index is 1040. The molecule has 0 amide bonds. The van der Waals surface area contributed by atoms with Crippen molar-refractivity contribution in [3.8, 4) is 17.4 Å². The van der Waals surface area contributed by atoms with E-state index in [1.165, 1.54) is 42.3 Å². The Morgan fingerprint density at radius 2 is 1.77 bits per heavy atom. The van der Waals surface area contributed by atoms with E-state index in [4.69, 9.17) is 14.5 Å². The van der Waals surface area contributed by atoms with E-state index < -0.39 is 0 Å². The molecule has 0 aliphatic carbocycles. The first-order valence-electron chi connectivity index (χ1n) is 11.0. The minimum Gasteiger partial charge on any atom is -0.481 e. The Morgan fingerprint density at radius 1 is 1.03 bits per heavy atom. The van der Waals surface area contributed by atoms with Gasteiger partial charge in [0.1, 0.15) is 11.3 Å². The van der Waals surface area contributed by atoms with Crippen LogP contribution in [-0.2, 0) is 6.42 Å². The van der Waals surface area contributed by atoms with Crippen LogP contribution in [0, 0.1) is 6.92 Å². The third kappa shape index (κ3) is 4.18. The molecule has 3 aromatic rings. The molecule has 0 N–H and O–H groups in total. The van der Waals surface area contributed by atoms with Crippen LogP contribution >= 0.6 is 12.4 Å². The normalized spacial score (nSPS) is 12.9. The van der Waals surface area contributed by atoms with E-state index in [1.54, 1.807) is 14.2 Å². The lowest BCUT2D eigenvalue weighted by Crippen LogP contribution is -2.38. The number of hydrogen-bond acceptors (Lipinski definition) is 5. The summed E-state index contributed by atoms with van der Waals surface area (Å²) in [7, 11) is 3.25. The first kappa shape index (κ1) is 23.2. The fourth-order valence-corrected chi connectivity index (χ4v) is 4.73. The van der Waals surface area contributed by atoms with Gasteiger partial charge in [-0.3, -0.25) is 4.57 Å². The van der Waals surface area contributed by atoms with Crippen LogP contribution in [0.25, 0.3) is 16.7 Å². The van der Waals surface area contributed by atoms with Crippen LogP contribution in [0.4, 0.5) is 5.69 Å². The van der Waals surface area contributed by atoms with Crippen molar-refractivity contribution in [2.24, 2.45) is 0 Å². The van der Waals surface area contributed by atoms with Crippen LogP contribution in [0.5, 0.6) is 11.8 Å².